The largest absolute Gasteiger partial charge is 0.495 e. The number of methoxy groups -OCH3 is 1. The second kappa shape index (κ2) is 14.5. The van der Waals surface area contributed by atoms with Crippen LogP contribution in [0.3, 0.4) is 0 Å². The Bertz CT molecular complexity index is 1580. The number of amides is 1. The monoisotopic (exact) mass is 697 g/mol. The number of fused-ring (bicyclic) bond motifs is 1. The van der Waals surface area contributed by atoms with E-state index in [1.165, 1.54) is 6.92 Å². The van der Waals surface area contributed by atoms with Crippen LogP contribution in [0.4, 0.5) is 5.82 Å². The van der Waals surface area contributed by atoms with Gasteiger partial charge in [-0.05, 0) is 58.3 Å². The van der Waals surface area contributed by atoms with E-state index >= 15 is 0 Å². The van der Waals surface area contributed by atoms with Crippen molar-refractivity contribution in [2.24, 2.45) is 0 Å². The van der Waals surface area contributed by atoms with Crippen LogP contribution in [-0.4, -0.2) is 68.6 Å². The average Bonchev–Trinajstić information content (AvgIpc) is 3.27. The zero-order valence-corrected chi connectivity index (χ0v) is 30.7. The van der Waals surface area contributed by atoms with E-state index in [9.17, 15) is 4.79 Å². The molecule has 0 aromatic carbocycles. The molecule has 0 radical (unpaired) electrons. The van der Waals surface area contributed by atoms with Crippen molar-refractivity contribution in [3.05, 3.63) is 53.4 Å². The van der Waals surface area contributed by atoms with Crippen LogP contribution >= 0.6 is 15.9 Å². The number of nitrogens with zero attached hydrogens (tertiary/aromatic N) is 5. The minimum atomic E-state index is -1.28. The lowest BCUT2D eigenvalue weighted by Crippen LogP contribution is -2.33. The summed E-state index contributed by atoms with van der Waals surface area (Å²) in [6, 6.07) is 11.8. The van der Waals surface area contributed by atoms with Gasteiger partial charge in [0.25, 0.3) is 0 Å². The number of hydrogen-bond donors (Lipinski definition) is 0. The van der Waals surface area contributed by atoms with Crippen molar-refractivity contribution < 1.29 is 19.0 Å². The number of ether oxygens (including phenoxy) is 3. The van der Waals surface area contributed by atoms with Crippen LogP contribution in [0.15, 0.2) is 53.4 Å². The first-order chi connectivity index (χ1) is 20.8. The molecule has 4 aromatic rings. The van der Waals surface area contributed by atoms with Crippen LogP contribution in [-0.2, 0) is 21.0 Å². The van der Waals surface area contributed by atoms with E-state index in [0.29, 0.717) is 31.5 Å². The Hall–Kier alpha value is -2.91. The zero-order chi connectivity index (χ0) is 32.1. The highest BCUT2D eigenvalue weighted by atomic mass is 79.9. The van der Waals surface area contributed by atoms with Gasteiger partial charge >= 0.3 is 0 Å². The summed E-state index contributed by atoms with van der Waals surface area (Å²) in [5, 5.41) is 0. The SMILES string of the molecule is COc1ccc(-c2c(-c3ccnc(N(COCC[Si](C)(C)C)C(C)=O)c3)n(COCC[Si](C)(C)C)c3cc(Br)cnc23)nc1. The summed E-state index contributed by atoms with van der Waals surface area (Å²) in [6.45, 7) is 17.2. The lowest BCUT2D eigenvalue weighted by atomic mass is 10.0. The second-order valence-corrected chi connectivity index (χ2v) is 25.5. The number of carbonyl (C=O) groups is 1. The van der Waals surface area contributed by atoms with Gasteiger partial charge in [0, 0.05) is 58.7 Å². The van der Waals surface area contributed by atoms with E-state index < -0.39 is 16.1 Å². The fraction of sp³-hybridized carbons (Fsp3) is 0.438. The molecule has 0 aliphatic carbocycles. The molecule has 0 fully saturated rings. The quantitative estimate of drug-likeness (QED) is 0.0751. The van der Waals surface area contributed by atoms with E-state index in [1.807, 2.05) is 24.3 Å². The molecule has 4 heterocycles. The van der Waals surface area contributed by atoms with E-state index in [2.05, 4.69) is 70.8 Å². The highest BCUT2D eigenvalue weighted by Crippen LogP contribution is 2.41. The van der Waals surface area contributed by atoms with Crippen molar-refractivity contribution in [1.82, 2.24) is 19.5 Å². The molecule has 0 spiro atoms. The summed E-state index contributed by atoms with van der Waals surface area (Å²) in [7, 11) is -0.920. The van der Waals surface area contributed by atoms with Gasteiger partial charge in [-0.2, -0.15) is 0 Å². The predicted octanol–water partition coefficient (Wildman–Crippen LogP) is 7.91. The van der Waals surface area contributed by atoms with Gasteiger partial charge in [-0.25, -0.2) is 4.98 Å². The Morgan fingerprint density at radius 2 is 1.64 bits per heavy atom. The Morgan fingerprint density at radius 1 is 0.932 bits per heavy atom. The average molecular weight is 699 g/mol. The van der Waals surface area contributed by atoms with E-state index in [1.54, 1.807) is 30.6 Å². The minimum absolute atomic E-state index is 0.138. The number of aromatic nitrogens is 4. The van der Waals surface area contributed by atoms with Crippen molar-refractivity contribution >= 4 is 54.8 Å². The Kier molecular flexibility index (Phi) is 11.2. The maximum atomic E-state index is 12.8. The second-order valence-electron chi connectivity index (χ2n) is 13.3. The fourth-order valence-corrected chi connectivity index (χ4v) is 6.45. The normalized spacial score (nSPS) is 12.1. The summed E-state index contributed by atoms with van der Waals surface area (Å²) >= 11 is 3.62. The number of carbonyl (C=O) groups excluding carboxylic acids is 1. The molecule has 0 saturated heterocycles. The molecule has 0 saturated carbocycles. The van der Waals surface area contributed by atoms with Gasteiger partial charge in [0.05, 0.1) is 41.3 Å². The number of halogens is 1. The maximum Gasteiger partial charge on any atom is 0.226 e. The third kappa shape index (κ3) is 8.84. The summed E-state index contributed by atoms with van der Waals surface area (Å²) in [5.41, 5.74) is 5.05. The summed E-state index contributed by atoms with van der Waals surface area (Å²) in [5.74, 6) is 1.05. The van der Waals surface area contributed by atoms with Gasteiger partial charge in [-0.1, -0.05) is 39.3 Å². The summed E-state index contributed by atoms with van der Waals surface area (Å²) in [4.78, 5) is 28.5. The molecular weight excluding hydrogens is 654 g/mol. The van der Waals surface area contributed by atoms with Crippen LogP contribution in [0.25, 0.3) is 33.5 Å². The highest BCUT2D eigenvalue weighted by molar-refractivity contribution is 9.10. The first-order valence-electron chi connectivity index (χ1n) is 14.9. The lowest BCUT2D eigenvalue weighted by molar-refractivity contribution is -0.117. The molecule has 1 amide bonds. The smallest absolute Gasteiger partial charge is 0.226 e. The van der Waals surface area contributed by atoms with Crippen molar-refractivity contribution in [3.63, 3.8) is 0 Å². The van der Waals surface area contributed by atoms with Gasteiger partial charge < -0.3 is 18.8 Å². The van der Waals surface area contributed by atoms with E-state index in [0.717, 1.165) is 50.1 Å². The third-order valence-electron chi connectivity index (χ3n) is 7.21. The van der Waals surface area contributed by atoms with Gasteiger partial charge in [0.1, 0.15) is 25.0 Å². The molecule has 0 N–H and O–H groups in total. The molecule has 44 heavy (non-hydrogen) atoms. The predicted molar refractivity (Wildman–Crippen MR) is 187 cm³/mol. The zero-order valence-electron chi connectivity index (χ0n) is 27.1. The number of hydrogen-bond acceptors (Lipinski definition) is 7. The summed E-state index contributed by atoms with van der Waals surface area (Å²) < 4.78 is 20.7. The molecule has 4 aromatic heterocycles. The Labute approximate surface area is 271 Å². The molecule has 236 valence electrons. The van der Waals surface area contributed by atoms with E-state index in [-0.39, 0.29) is 12.6 Å². The van der Waals surface area contributed by atoms with Gasteiger partial charge in [0.2, 0.25) is 5.91 Å². The van der Waals surface area contributed by atoms with Gasteiger partial charge in [0.15, 0.2) is 0 Å². The van der Waals surface area contributed by atoms with Crippen LogP contribution in [0, 0.1) is 0 Å². The van der Waals surface area contributed by atoms with Crippen LogP contribution in [0.2, 0.25) is 51.4 Å². The molecule has 0 aliphatic heterocycles. The van der Waals surface area contributed by atoms with Crippen LogP contribution in [0.5, 0.6) is 5.75 Å². The molecule has 0 unspecified atom stereocenters. The van der Waals surface area contributed by atoms with Crippen LogP contribution < -0.4 is 9.64 Å². The highest BCUT2D eigenvalue weighted by Gasteiger charge is 2.25. The first-order valence-corrected chi connectivity index (χ1v) is 23.1. The molecule has 0 bridgehead atoms. The van der Waals surface area contributed by atoms with Gasteiger partial charge in [-0.3, -0.25) is 19.7 Å². The number of anilines is 1. The number of pyridine rings is 3. The van der Waals surface area contributed by atoms with Crippen molar-refractivity contribution in [1.29, 1.82) is 0 Å². The molecule has 0 atom stereocenters. The number of rotatable bonds is 14. The van der Waals surface area contributed by atoms with E-state index in [4.69, 9.17) is 24.2 Å². The Balaban J connectivity index is 1.83. The molecule has 9 nitrogen and oxygen atoms in total. The van der Waals surface area contributed by atoms with Gasteiger partial charge in [-0.15, -0.1) is 0 Å². The Morgan fingerprint density at radius 3 is 2.25 bits per heavy atom. The van der Waals surface area contributed by atoms with Crippen molar-refractivity contribution in [2.45, 2.75) is 65.0 Å². The summed E-state index contributed by atoms with van der Waals surface area (Å²) in [6.07, 6.45) is 5.23. The molecular formula is C32H44BrN5O4Si2. The van der Waals surface area contributed by atoms with Crippen molar-refractivity contribution in [2.75, 3.05) is 32.0 Å². The first kappa shape index (κ1) is 34.0. The standard InChI is InChI=1S/C32H44BrN5O4Si2/c1-23(39)37(21-41-13-15-43(3,4)5)29-17-24(11-12-34-29)32-30(27-10-9-26(40-2)20-35-27)31-28(18-25(33)19-36-31)38(32)22-42-14-16-44(6,7)8/h9-12,17-20H,13-16,21-22H2,1-8H3. The van der Waals surface area contributed by atoms with Crippen molar-refractivity contribution in [3.8, 4) is 28.3 Å². The molecule has 4 rings (SSSR count). The molecule has 12 heteroatoms. The molecule has 0 aliphatic rings. The lowest BCUT2D eigenvalue weighted by Gasteiger charge is -2.22. The topological polar surface area (TPSA) is 91.6 Å². The minimum Gasteiger partial charge on any atom is -0.495 e. The maximum absolute atomic E-state index is 12.8. The van der Waals surface area contributed by atoms with Crippen LogP contribution in [0.1, 0.15) is 6.92 Å². The third-order valence-corrected chi connectivity index (χ3v) is 11.0. The fourth-order valence-electron chi connectivity index (χ4n) is 4.62.